The Balaban J connectivity index is 1.54. The van der Waals surface area contributed by atoms with E-state index in [-0.39, 0.29) is 18.0 Å². The molecule has 5 nitrogen and oxygen atoms in total. The summed E-state index contributed by atoms with van der Waals surface area (Å²) in [6, 6.07) is 19.5. The Labute approximate surface area is 165 Å². The fourth-order valence-corrected chi connectivity index (χ4v) is 4.65. The Morgan fingerprint density at radius 2 is 1.68 bits per heavy atom. The molecule has 0 saturated carbocycles. The normalized spacial score (nSPS) is 26.6. The molecule has 2 heterocycles. The van der Waals surface area contributed by atoms with Gasteiger partial charge in [0.05, 0.1) is 12.7 Å². The van der Waals surface area contributed by atoms with E-state index >= 15 is 0 Å². The number of methoxy groups -OCH3 is 1. The molecule has 2 aromatic carbocycles. The number of hydrogen-bond donors (Lipinski definition) is 0. The number of ether oxygens (including phenoxy) is 2. The maximum absolute atomic E-state index is 12.6. The molecule has 0 radical (unpaired) electrons. The third kappa shape index (κ3) is 3.67. The number of fused-ring (bicyclic) bond motifs is 2. The highest BCUT2D eigenvalue weighted by Crippen LogP contribution is 2.42. The first kappa shape index (κ1) is 18.7. The molecule has 2 aromatic rings. The molecule has 4 rings (SSSR count). The maximum atomic E-state index is 12.6. The summed E-state index contributed by atoms with van der Waals surface area (Å²) in [5.74, 6) is -1.13. The van der Waals surface area contributed by atoms with Gasteiger partial charge in [-0.2, -0.15) is 0 Å². The predicted octanol–water partition coefficient (Wildman–Crippen LogP) is 3.44. The van der Waals surface area contributed by atoms with E-state index in [0.717, 1.165) is 19.4 Å². The van der Waals surface area contributed by atoms with Crippen LogP contribution in [0.3, 0.4) is 0 Å². The average Bonchev–Trinajstić information content (AvgIpc) is 3.00. The summed E-state index contributed by atoms with van der Waals surface area (Å²) < 4.78 is 10.9. The van der Waals surface area contributed by atoms with Crippen molar-refractivity contribution in [3.05, 3.63) is 71.8 Å². The highest BCUT2D eigenvalue weighted by molar-refractivity contribution is 5.89. The maximum Gasteiger partial charge on any atom is 0.338 e. The van der Waals surface area contributed by atoms with Crippen molar-refractivity contribution in [1.29, 1.82) is 0 Å². The van der Waals surface area contributed by atoms with Gasteiger partial charge in [0.2, 0.25) is 0 Å². The standard InChI is InChI=1S/C23H25NO4/c1-27-23(26)21-19-13-12-18(24(19)15-16-8-4-2-5-9-16)14-20(21)28-22(25)17-10-6-3-7-11-17/h2-11,18-21H,12-15H2,1H3/t18-,19+,20-,21+/m0/s1. The summed E-state index contributed by atoms with van der Waals surface area (Å²) in [5, 5.41) is 0. The first-order valence-electron chi connectivity index (χ1n) is 9.81. The van der Waals surface area contributed by atoms with Gasteiger partial charge in [0.1, 0.15) is 12.0 Å². The number of carbonyl (C=O) groups excluding carboxylic acids is 2. The second kappa shape index (κ2) is 8.15. The van der Waals surface area contributed by atoms with E-state index in [9.17, 15) is 9.59 Å². The lowest BCUT2D eigenvalue weighted by Crippen LogP contribution is -2.54. The number of rotatable bonds is 5. The van der Waals surface area contributed by atoms with Gasteiger partial charge in [-0.15, -0.1) is 0 Å². The summed E-state index contributed by atoms with van der Waals surface area (Å²) in [7, 11) is 1.40. The first-order chi connectivity index (χ1) is 13.7. The molecule has 0 spiro atoms. The largest absolute Gasteiger partial charge is 0.469 e. The van der Waals surface area contributed by atoms with E-state index in [1.54, 1.807) is 24.3 Å². The Kier molecular flexibility index (Phi) is 5.44. The lowest BCUT2D eigenvalue weighted by Gasteiger charge is -2.42. The molecule has 0 unspecified atom stereocenters. The van der Waals surface area contributed by atoms with Gasteiger partial charge in [0.15, 0.2) is 0 Å². The molecule has 2 aliphatic rings. The average molecular weight is 379 g/mol. The topological polar surface area (TPSA) is 55.8 Å². The molecular formula is C23H25NO4. The molecule has 146 valence electrons. The minimum absolute atomic E-state index is 0.0278. The van der Waals surface area contributed by atoms with Crippen LogP contribution in [0, 0.1) is 5.92 Å². The van der Waals surface area contributed by atoms with Crippen molar-refractivity contribution in [2.45, 2.75) is 44.0 Å². The Morgan fingerprint density at radius 3 is 2.36 bits per heavy atom. The molecule has 28 heavy (non-hydrogen) atoms. The van der Waals surface area contributed by atoms with E-state index in [2.05, 4.69) is 17.0 Å². The SMILES string of the molecule is COC(=O)[C@H]1[C@@H](OC(=O)c2ccccc2)C[C@@H]2CC[C@H]1N2Cc1ccccc1. The summed E-state index contributed by atoms with van der Waals surface area (Å²) in [6.45, 7) is 0.795. The molecule has 5 heteroatoms. The van der Waals surface area contributed by atoms with E-state index < -0.39 is 12.0 Å². The van der Waals surface area contributed by atoms with Crippen molar-refractivity contribution in [1.82, 2.24) is 4.90 Å². The first-order valence-corrected chi connectivity index (χ1v) is 9.81. The van der Waals surface area contributed by atoms with Crippen LogP contribution in [0.5, 0.6) is 0 Å². The Hall–Kier alpha value is -2.66. The number of piperidine rings is 1. The van der Waals surface area contributed by atoms with Crippen LogP contribution in [0.2, 0.25) is 0 Å². The predicted molar refractivity (Wildman–Crippen MR) is 105 cm³/mol. The lowest BCUT2D eigenvalue weighted by atomic mass is 9.86. The van der Waals surface area contributed by atoms with Gasteiger partial charge in [-0.1, -0.05) is 48.5 Å². The third-order valence-electron chi connectivity index (χ3n) is 5.96. The molecule has 2 aliphatic heterocycles. The van der Waals surface area contributed by atoms with Crippen LogP contribution in [0.15, 0.2) is 60.7 Å². The van der Waals surface area contributed by atoms with Crippen LogP contribution in [0.4, 0.5) is 0 Å². The zero-order valence-electron chi connectivity index (χ0n) is 16.0. The molecule has 0 aromatic heterocycles. The summed E-state index contributed by atoms with van der Waals surface area (Å²) in [5.41, 5.74) is 1.73. The number of nitrogens with zero attached hydrogens (tertiary/aromatic N) is 1. The second-order valence-corrected chi connectivity index (χ2v) is 7.55. The quantitative estimate of drug-likeness (QED) is 0.745. The molecule has 2 fully saturated rings. The molecule has 2 saturated heterocycles. The molecule has 4 atom stereocenters. The lowest BCUT2D eigenvalue weighted by molar-refractivity contribution is -0.157. The van der Waals surface area contributed by atoms with Crippen LogP contribution in [-0.2, 0) is 20.8 Å². The van der Waals surface area contributed by atoms with Gasteiger partial charge in [-0.25, -0.2) is 4.79 Å². The van der Waals surface area contributed by atoms with E-state index in [0.29, 0.717) is 18.0 Å². The van der Waals surface area contributed by atoms with Crippen molar-refractivity contribution >= 4 is 11.9 Å². The number of hydrogen-bond acceptors (Lipinski definition) is 5. The van der Waals surface area contributed by atoms with Crippen LogP contribution in [-0.4, -0.2) is 42.1 Å². The van der Waals surface area contributed by atoms with Gasteiger partial charge in [0, 0.05) is 25.0 Å². The minimum Gasteiger partial charge on any atom is -0.469 e. The minimum atomic E-state index is -0.458. The number of esters is 2. The van der Waals surface area contributed by atoms with Gasteiger partial charge < -0.3 is 9.47 Å². The molecule has 0 N–H and O–H groups in total. The van der Waals surface area contributed by atoms with E-state index in [1.807, 2.05) is 24.3 Å². The van der Waals surface area contributed by atoms with Gasteiger partial charge in [-0.05, 0) is 30.5 Å². The number of benzene rings is 2. The van der Waals surface area contributed by atoms with Crippen molar-refractivity contribution in [3.63, 3.8) is 0 Å². The molecule has 2 bridgehead atoms. The van der Waals surface area contributed by atoms with Crippen molar-refractivity contribution < 1.29 is 19.1 Å². The van der Waals surface area contributed by atoms with Gasteiger partial charge in [-0.3, -0.25) is 9.69 Å². The summed E-state index contributed by atoms with van der Waals surface area (Å²) >= 11 is 0. The van der Waals surface area contributed by atoms with E-state index in [4.69, 9.17) is 9.47 Å². The fraction of sp³-hybridized carbons (Fsp3) is 0.391. The molecular weight excluding hydrogens is 354 g/mol. The van der Waals surface area contributed by atoms with Crippen molar-refractivity contribution in [2.75, 3.05) is 7.11 Å². The van der Waals surface area contributed by atoms with E-state index in [1.165, 1.54) is 12.7 Å². The summed E-state index contributed by atoms with van der Waals surface area (Å²) in [4.78, 5) is 27.6. The monoisotopic (exact) mass is 379 g/mol. The van der Waals surface area contributed by atoms with Crippen molar-refractivity contribution in [3.8, 4) is 0 Å². The summed E-state index contributed by atoms with van der Waals surface area (Å²) in [6.07, 6.45) is 2.12. The smallest absolute Gasteiger partial charge is 0.338 e. The van der Waals surface area contributed by atoms with Crippen LogP contribution >= 0.6 is 0 Å². The van der Waals surface area contributed by atoms with Gasteiger partial charge in [0.25, 0.3) is 0 Å². The Morgan fingerprint density at radius 1 is 1.00 bits per heavy atom. The zero-order chi connectivity index (χ0) is 19.5. The fourth-order valence-electron chi connectivity index (χ4n) is 4.65. The number of carbonyl (C=O) groups is 2. The Bertz CT molecular complexity index is 823. The van der Waals surface area contributed by atoms with Gasteiger partial charge >= 0.3 is 11.9 Å². The molecule has 0 amide bonds. The van der Waals surface area contributed by atoms with Crippen molar-refractivity contribution in [2.24, 2.45) is 5.92 Å². The molecule has 0 aliphatic carbocycles. The van der Waals surface area contributed by atoms with Crippen LogP contribution < -0.4 is 0 Å². The second-order valence-electron chi connectivity index (χ2n) is 7.55. The van der Waals surface area contributed by atoms with Crippen LogP contribution in [0.1, 0.15) is 35.2 Å². The highest BCUT2D eigenvalue weighted by Gasteiger charge is 2.52. The van der Waals surface area contributed by atoms with Crippen LogP contribution in [0.25, 0.3) is 0 Å². The zero-order valence-corrected chi connectivity index (χ0v) is 16.0. The third-order valence-corrected chi connectivity index (χ3v) is 5.96. The highest BCUT2D eigenvalue weighted by atomic mass is 16.6.